The second-order valence-electron chi connectivity index (χ2n) is 6.28. The van der Waals surface area contributed by atoms with E-state index in [0.717, 1.165) is 20.2 Å². The van der Waals surface area contributed by atoms with E-state index in [1.165, 1.54) is 16.0 Å². The Bertz CT molecular complexity index is 1270. The molecule has 2 heterocycles. The molecule has 4 rings (SSSR count). The third-order valence-electron chi connectivity index (χ3n) is 4.59. The Labute approximate surface area is 178 Å². The Morgan fingerprint density at radius 3 is 2.61 bits per heavy atom. The van der Waals surface area contributed by atoms with E-state index in [0.29, 0.717) is 15.6 Å². The molecule has 2 aromatic heterocycles. The van der Waals surface area contributed by atoms with Gasteiger partial charge in [-0.05, 0) is 31.2 Å². The van der Waals surface area contributed by atoms with Crippen molar-refractivity contribution >= 4 is 60.5 Å². The molecule has 0 aliphatic heterocycles. The van der Waals surface area contributed by atoms with Crippen LogP contribution < -0.4 is 10.9 Å². The molecule has 1 amide bonds. The van der Waals surface area contributed by atoms with Crippen molar-refractivity contribution < 1.29 is 4.79 Å². The average molecular weight is 477 g/mol. The van der Waals surface area contributed by atoms with Gasteiger partial charge >= 0.3 is 0 Å². The van der Waals surface area contributed by atoms with Gasteiger partial charge in [0.1, 0.15) is 10.6 Å². The minimum absolute atomic E-state index is 0.242. The summed E-state index contributed by atoms with van der Waals surface area (Å²) in [5.41, 5.74) is 1.33. The zero-order valence-electron chi connectivity index (χ0n) is 15.0. The van der Waals surface area contributed by atoms with E-state index in [4.69, 9.17) is 11.6 Å². The van der Waals surface area contributed by atoms with E-state index in [2.05, 4.69) is 21.2 Å². The van der Waals surface area contributed by atoms with Gasteiger partial charge < -0.3 is 5.32 Å². The molecule has 0 unspecified atom stereocenters. The van der Waals surface area contributed by atoms with Gasteiger partial charge in [0.2, 0.25) is 0 Å². The highest BCUT2D eigenvalue weighted by Crippen LogP contribution is 2.37. The summed E-state index contributed by atoms with van der Waals surface area (Å²) in [6.45, 7) is 1.79. The van der Waals surface area contributed by atoms with Crippen LogP contribution in [-0.2, 0) is 7.05 Å². The van der Waals surface area contributed by atoms with Crippen LogP contribution in [0.1, 0.15) is 15.4 Å². The van der Waals surface area contributed by atoms with E-state index in [1.807, 2.05) is 48.5 Å². The highest BCUT2D eigenvalue weighted by atomic mass is 79.9. The summed E-state index contributed by atoms with van der Waals surface area (Å²) in [6.07, 6.45) is 0. The molecule has 1 N–H and O–H groups in total. The number of rotatable bonds is 3. The number of nitrogens with zero attached hydrogens (tertiary/aromatic N) is 2. The summed E-state index contributed by atoms with van der Waals surface area (Å²) < 4.78 is 5.05. The maximum Gasteiger partial charge on any atom is 0.295 e. The van der Waals surface area contributed by atoms with Crippen molar-refractivity contribution in [3.8, 4) is 5.69 Å². The largest absolute Gasteiger partial charge is 0.315 e. The zero-order chi connectivity index (χ0) is 20.0. The maximum absolute atomic E-state index is 13.0. The van der Waals surface area contributed by atoms with E-state index in [1.54, 1.807) is 18.7 Å². The molecular weight excluding hydrogens is 462 g/mol. The third kappa shape index (κ3) is 3.09. The fraction of sp³-hybridized carbons (Fsp3) is 0.100. The van der Waals surface area contributed by atoms with Crippen LogP contribution in [0.4, 0.5) is 5.69 Å². The molecule has 0 spiro atoms. The first-order valence-corrected chi connectivity index (χ1v) is 10.4. The van der Waals surface area contributed by atoms with Gasteiger partial charge in [-0.25, -0.2) is 4.68 Å². The number of anilines is 1. The van der Waals surface area contributed by atoms with Crippen molar-refractivity contribution in [1.29, 1.82) is 0 Å². The van der Waals surface area contributed by atoms with Crippen molar-refractivity contribution in [2.24, 2.45) is 7.05 Å². The molecule has 0 saturated carbocycles. The lowest BCUT2D eigenvalue weighted by atomic mass is 10.2. The number of para-hydroxylation sites is 1. The van der Waals surface area contributed by atoms with Gasteiger partial charge in [-0.3, -0.25) is 14.3 Å². The van der Waals surface area contributed by atoms with E-state index in [-0.39, 0.29) is 11.2 Å². The van der Waals surface area contributed by atoms with Crippen LogP contribution in [0.2, 0.25) is 5.02 Å². The minimum atomic E-state index is -0.395. The van der Waals surface area contributed by atoms with Crippen LogP contribution in [0, 0.1) is 6.92 Å². The molecule has 5 nitrogen and oxygen atoms in total. The quantitative estimate of drug-likeness (QED) is 0.432. The van der Waals surface area contributed by atoms with Gasteiger partial charge in [-0.15, -0.1) is 11.3 Å². The maximum atomic E-state index is 13.0. The molecule has 0 radical (unpaired) electrons. The Morgan fingerprint density at radius 1 is 1.18 bits per heavy atom. The first kappa shape index (κ1) is 19.0. The predicted molar refractivity (Wildman–Crippen MR) is 118 cm³/mol. The lowest BCUT2D eigenvalue weighted by Crippen LogP contribution is -2.22. The number of benzene rings is 2. The van der Waals surface area contributed by atoms with Gasteiger partial charge in [-0.2, -0.15) is 0 Å². The van der Waals surface area contributed by atoms with Crippen molar-refractivity contribution in [2.75, 3.05) is 5.32 Å². The molecule has 2 aromatic carbocycles. The van der Waals surface area contributed by atoms with Crippen LogP contribution >= 0.6 is 38.9 Å². The number of hydrogen-bond donors (Lipinski definition) is 1. The Hall–Kier alpha value is -2.35. The summed E-state index contributed by atoms with van der Waals surface area (Å²) in [5, 5.41) is 3.97. The summed E-state index contributed by atoms with van der Waals surface area (Å²) in [5.74, 6) is -0.395. The van der Waals surface area contributed by atoms with Gasteiger partial charge in [0.25, 0.3) is 11.5 Å². The first-order valence-electron chi connectivity index (χ1n) is 8.41. The third-order valence-corrected chi connectivity index (χ3v) is 6.74. The molecule has 8 heteroatoms. The molecule has 142 valence electrons. The Balaban J connectivity index is 1.75. The molecule has 28 heavy (non-hydrogen) atoms. The van der Waals surface area contributed by atoms with Gasteiger partial charge in [0.15, 0.2) is 0 Å². The number of fused-ring (bicyclic) bond motifs is 1. The zero-order valence-corrected chi connectivity index (χ0v) is 18.2. The molecule has 0 aliphatic carbocycles. The standard InChI is InChI=1S/C20H15BrClN3O2S/c1-11-17(20(27)25(24(11)2)13-6-4-3-5-7-13)23-19(26)18-16(22)14-9-8-12(21)10-15(14)28-18/h3-10H,1-2H3,(H,23,26). The number of aromatic nitrogens is 2. The van der Waals surface area contributed by atoms with Crippen molar-refractivity contribution in [3.63, 3.8) is 0 Å². The van der Waals surface area contributed by atoms with E-state index < -0.39 is 5.91 Å². The normalized spacial score (nSPS) is 11.1. The smallest absolute Gasteiger partial charge is 0.295 e. The molecule has 0 atom stereocenters. The van der Waals surface area contributed by atoms with E-state index >= 15 is 0 Å². The highest BCUT2D eigenvalue weighted by molar-refractivity contribution is 9.10. The molecule has 0 bridgehead atoms. The van der Waals surface area contributed by atoms with Crippen molar-refractivity contribution in [3.05, 3.63) is 79.0 Å². The topological polar surface area (TPSA) is 56.0 Å². The minimum Gasteiger partial charge on any atom is -0.315 e. The number of amides is 1. The molecule has 0 aliphatic rings. The van der Waals surface area contributed by atoms with Gasteiger partial charge in [0.05, 0.1) is 16.4 Å². The molecule has 0 fully saturated rings. The molecule has 4 aromatic rings. The predicted octanol–water partition coefficient (Wildman–Crippen LogP) is 5.37. The van der Waals surface area contributed by atoms with Crippen LogP contribution in [0.5, 0.6) is 0 Å². The number of nitrogens with one attached hydrogen (secondary N) is 1. The number of carbonyl (C=O) groups is 1. The van der Waals surface area contributed by atoms with Gasteiger partial charge in [0, 0.05) is 21.6 Å². The van der Waals surface area contributed by atoms with Crippen LogP contribution in [0.3, 0.4) is 0 Å². The summed E-state index contributed by atoms with van der Waals surface area (Å²) >= 11 is 11.1. The second-order valence-corrected chi connectivity index (χ2v) is 8.62. The van der Waals surface area contributed by atoms with Crippen LogP contribution in [0.15, 0.2) is 57.8 Å². The fourth-order valence-corrected chi connectivity index (χ4v) is 5.03. The Kier molecular flexibility index (Phi) is 4.91. The van der Waals surface area contributed by atoms with Crippen LogP contribution in [-0.4, -0.2) is 15.3 Å². The summed E-state index contributed by atoms with van der Waals surface area (Å²) in [6, 6.07) is 14.9. The van der Waals surface area contributed by atoms with Gasteiger partial charge in [-0.1, -0.05) is 51.8 Å². The van der Waals surface area contributed by atoms with Crippen molar-refractivity contribution in [2.45, 2.75) is 6.92 Å². The number of thiophene rings is 1. The lowest BCUT2D eigenvalue weighted by molar-refractivity contribution is 0.103. The number of halogens is 2. The molecule has 0 saturated heterocycles. The SMILES string of the molecule is Cc1c(NC(=O)c2sc3cc(Br)ccc3c2Cl)c(=O)n(-c2ccccc2)n1C. The fourth-order valence-electron chi connectivity index (χ4n) is 3.07. The first-order chi connectivity index (χ1) is 13.4. The monoisotopic (exact) mass is 475 g/mol. The van der Waals surface area contributed by atoms with E-state index in [9.17, 15) is 9.59 Å². The average Bonchev–Trinajstić information content (AvgIpc) is 3.11. The second kappa shape index (κ2) is 7.24. The summed E-state index contributed by atoms with van der Waals surface area (Å²) in [7, 11) is 1.78. The van der Waals surface area contributed by atoms with Crippen LogP contribution in [0.25, 0.3) is 15.8 Å². The number of hydrogen-bond acceptors (Lipinski definition) is 3. The van der Waals surface area contributed by atoms with Crippen molar-refractivity contribution in [1.82, 2.24) is 9.36 Å². The Morgan fingerprint density at radius 2 is 1.89 bits per heavy atom. The molecular formula is C20H15BrClN3O2S. The highest BCUT2D eigenvalue weighted by Gasteiger charge is 2.22. The number of carbonyl (C=O) groups excluding carboxylic acids is 1. The summed E-state index contributed by atoms with van der Waals surface area (Å²) in [4.78, 5) is 26.2. The lowest BCUT2D eigenvalue weighted by Gasteiger charge is -2.07.